The average Bonchev–Trinajstić information content (AvgIpc) is 3.46. The largest absolute Gasteiger partial charge is 0.311 e. The summed E-state index contributed by atoms with van der Waals surface area (Å²) in [4.78, 5) is 2.49. The third-order valence-corrected chi connectivity index (χ3v) is 11.3. The van der Waals surface area contributed by atoms with E-state index >= 15 is 0 Å². The number of anilines is 3. The zero-order valence-corrected chi connectivity index (χ0v) is 26.6. The zero-order valence-electron chi connectivity index (χ0n) is 26.6. The van der Waals surface area contributed by atoms with Crippen LogP contribution >= 0.6 is 0 Å². The van der Waals surface area contributed by atoms with Crippen molar-refractivity contribution >= 4 is 72.7 Å². The van der Waals surface area contributed by atoms with Crippen LogP contribution in [0.2, 0.25) is 0 Å². The lowest BCUT2D eigenvalue weighted by Crippen LogP contribution is -2.60. The highest BCUT2D eigenvalue weighted by Crippen LogP contribution is 2.51. The molecule has 1 aromatic heterocycles. The first-order valence-corrected chi connectivity index (χ1v) is 17.2. The first-order valence-electron chi connectivity index (χ1n) is 17.2. The quantitative estimate of drug-likeness (QED) is 0.175. The molecule has 12 rings (SSSR count). The van der Waals surface area contributed by atoms with Gasteiger partial charge in [-0.2, -0.15) is 0 Å². The minimum Gasteiger partial charge on any atom is -0.311 e. The van der Waals surface area contributed by atoms with Crippen LogP contribution in [0.1, 0.15) is 0 Å². The van der Waals surface area contributed by atoms with Crippen LogP contribution in [0.3, 0.4) is 0 Å². The van der Waals surface area contributed by atoms with Gasteiger partial charge in [0.1, 0.15) is 0 Å². The minimum atomic E-state index is 0.0982. The lowest BCUT2D eigenvalue weighted by molar-refractivity contribution is 1.18. The molecule has 0 N–H and O–H groups in total. The van der Waals surface area contributed by atoms with Crippen molar-refractivity contribution in [2.75, 3.05) is 4.90 Å². The van der Waals surface area contributed by atoms with Crippen molar-refractivity contribution in [3.8, 4) is 39.1 Å². The average molecular weight is 619 g/mol. The molecule has 9 aromatic rings. The third kappa shape index (κ3) is 3.18. The Hall–Kier alpha value is -6.32. The number of para-hydroxylation sites is 2. The van der Waals surface area contributed by atoms with E-state index in [4.69, 9.17) is 0 Å². The van der Waals surface area contributed by atoms with Crippen molar-refractivity contribution < 1.29 is 0 Å². The number of aromatic nitrogens is 1. The fourth-order valence-electron chi connectivity index (χ4n) is 9.40. The molecule has 0 saturated heterocycles. The molecule has 0 amide bonds. The van der Waals surface area contributed by atoms with Crippen molar-refractivity contribution in [3.63, 3.8) is 0 Å². The number of hydrogen-bond donors (Lipinski definition) is 0. The predicted octanol–water partition coefficient (Wildman–Crippen LogP) is 9.86. The van der Waals surface area contributed by atoms with Crippen molar-refractivity contribution in [1.82, 2.24) is 4.57 Å². The van der Waals surface area contributed by atoms with Crippen LogP contribution in [0.5, 0.6) is 0 Å². The van der Waals surface area contributed by atoms with Gasteiger partial charge in [-0.15, -0.1) is 0 Å². The van der Waals surface area contributed by atoms with Gasteiger partial charge in [-0.25, -0.2) is 0 Å². The molecule has 0 atom stereocenters. The first kappa shape index (κ1) is 25.7. The molecule has 8 aromatic carbocycles. The highest BCUT2D eigenvalue weighted by molar-refractivity contribution is 7.00. The van der Waals surface area contributed by atoms with Gasteiger partial charge in [-0.05, 0) is 96.9 Å². The Morgan fingerprint density at radius 3 is 1.94 bits per heavy atom. The van der Waals surface area contributed by atoms with Gasteiger partial charge in [0.05, 0.1) is 11.0 Å². The predicted molar refractivity (Wildman–Crippen MR) is 207 cm³/mol. The van der Waals surface area contributed by atoms with Gasteiger partial charge in [0.15, 0.2) is 0 Å². The maximum atomic E-state index is 2.62. The molecule has 0 fully saturated rings. The number of benzene rings is 8. The Balaban J connectivity index is 1.32. The standard InChI is InChI=1S/C46H27BN2/c1-3-12-28(13-4-1)30-26-40-45-41(27-30)49-39-25-22-29-14-11-19-34-32-17-7-8-18-33(32)35-23-24-37(46(49)43(35)44(39)42(29)34)47(45)36-20-9-10-21-38(36)48(40)31-15-5-2-6-16-31/h1-27H. The minimum absolute atomic E-state index is 0.0982. The van der Waals surface area contributed by atoms with Crippen LogP contribution in [-0.2, 0) is 0 Å². The Morgan fingerprint density at radius 1 is 0.408 bits per heavy atom. The van der Waals surface area contributed by atoms with Crippen LogP contribution in [0.25, 0.3) is 71.6 Å². The van der Waals surface area contributed by atoms with E-state index < -0.39 is 0 Å². The van der Waals surface area contributed by atoms with Crippen molar-refractivity contribution in [3.05, 3.63) is 164 Å². The summed E-state index contributed by atoms with van der Waals surface area (Å²) in [6.45, 7) is 0.0982. The van der Waals surface area contributed by atoms with Crippen LogP contribution in [0, 0.1) is 0 Å². The molecule has 224 valence electrons. The molecule has 0 saturated carbocycles. The SMILES string of the molecule is c1ccc(-c2cc3c4c(c2)-n2c5ccc6cccc7c6c5c5c(ccc(c52)B4c2ccccc2N3c2ccccc2)-c2ccccc2-7)cc1. The fourth-order valence-corrected chi connectivity index (χ4v) is 9.40. The Bertz CT molecular complexity index is 2890. The van der Waals surface area contributed by atoms with E-state index in [1.54, 1.807) is 0 Å². The van der Waals surface area contributed by atoms with Crippen molar-refractivity contribution in [1.29, 1.82) is 0 Å². The molecule has 3 heterocycles. The number of fused-ring (bicyclic) bond motifs is 8. The van der Waals surface area contributed by atoms with E-state index in [-0.39, 0.29) is 6.71 Å². The summed E-state index contributed by atoms with van der Waals surface area (Å²) in [5, 5.41) is 5.38. The normalized spacial score (nSPS) is 13.2. The third-order valence-electron chi connectivity index (χ3n) is 11.3. The molecule has 0 radical (unpaired) electrons. The molecule has 3 heteroatoms. The van der Waals surface area contributed by atoms with Gasteiger partial charge in [-0.3, -0.25) is 0 Å². The molecule has 2 aliphatic heterocycles. The van der Waals surface area contributed by atoms with Gasteiger partial charge in [0.25, 0.3) is 6.71 Å². The van der Waals surface area contributed by atoms with Crippen molar-refractivity contribution in [2.24, 2.45) is 0 Å². The van der Waals surface area contributed by atoms with E-state index in [1.165, 1.54) is 105 Å². The summed E-state index contributed by atoms with van der Waals surface area (Å²) in [5.41, 5.74) is 19.3. The van der Waals surface area contributed by atoms with Gasteiger partial charge in [0.2, 0.25) is 0 Å². The van der Waals surface area contributed by atoms with Gasteiger partial charge < -0.3 is 9.47 Å². The topological polar surface area (TPSA) is 8.17 Å². The molecule has 2 nitrogen and oxygen atoms in total. The first-order chi connectivity index (χ1) is 24.3. The highest BCUT2D eigenvalue weighted by atomic mass is 15.2. The Labute approximate surface area is 284 Å². The molecule has 0 bridgehead atoms. The zero-order chi connectivity index (χ0) is 31.8. The fraction of sp³-hybridized carbons (Fsp3) is 0. The Kier molecular flexibility index (Phi) is 4.82. The van der Waals surface area contributed by atoms with Crippen LogP contribution in [0.15, 0.2) is 164 Å². The van der Waals surface area contributed by atoms with Crippen molar-refractivity contribution in [2.45, 2.75) is 0 Å². The second-order valence-corrected chi connectivity index (χ2v) is 13.6. The van der Waals surface area contributed by atoms with Gasteiger partial charge >= 0.3 is 0 Å². The number of hydrogen-bond acceptors (Lipinski definition) is 1. The Morgan fingerprint density at radius 2 is 1.10 bits per heavy atom. The van der Waals surface area contributed by atoms with E-state index in [9.17, 15) is 0 Å². The van der Waals surface area contributed by atoms with Crippen LogP contribution in [-0.4, -0.2) is 11.3 Å². The molecule has 1 aliphatic carbocycles. The second kappa shape index (κ2) is 9.18. The lowest BCUT2D eigenvalue weighted by atomic mass is 9.33. The van der Waals surface area contributed by atoms with Crippen LogP contribution < -0.4 is 21.3 Å². The molecule has 0 spiro atoms. The summed E-state index contributed by atoms with van der Waals surface area (Å²) >= 11 is 0. The second-order valence-electron chi connectivity index (χ2n) is 13.6. The summed E-state index contributed by atoms with van der Waals surface area (Å²) in [6.07, 6.45) is 0. The van der Waals surface area contributed by atoms with Gasteiger partial charge in [-0.1, -0.05) is 127 Å². The smallest absolute Gasteiger partial charge is 0.252 e. The maximum absolute atomic E-state index is 2.62. The summed E-state index contributed by atoms with van der Waals surface area (Å²) < 4.78 is 2.62. The molecule has 49 heavy (non-hydrogen) atoms. The monoisotopic (exact) mass is 618 g/mol. The van der Waals surface area contributed by atoms with E-state index in [0.29, 0.717) is 0 Å². The number of rotatable bonds is 2. The summed E-state index contributed by atoms with van der Waals surface area (Å²) in [6, 6.07) is 61.1. The van der Waals surface area contributed by atoms with E-state index in [1.807, 2.05) is 0 Å². The molecule has 0 unspecified atom stereocenters. The van der Waals surface area contributed by atoms with Crippen LogP contribution in [0.4, 0.5) is 17.1 Å². The molecular formula is C46H27BN2. The van der Waals surface area contributed by atoms with Gasteiger partial charge in [0, 0.05) is 33.5 Å². The van der Waals surface area contributed by atoms with E-state index in [2.05, 4.69) is 173 Å². The molecular weight excluding hydrogens is 591 g/mol. The summed E-state index contributed by atoms with van der Waals surface area (Å²) in [5.74, 6) is 0. The highest BCUT2D eigenvalue weighted by Gasteiger charge is 2.43. The summed E-state index contributed by atoms with van der Waals surface area (Å²) in [7, 11) is 0. The van der Waals surface area contributed by atoms with E-state index in [0.717, 1.165) is 0 Å². The maximum Gasteiger partial charge on any atom is 0.252 e. The molecule has 3 aliphatic rings. The number of nitrogens with zero attached hydrogens (tertiary/aromatic N) is 2. The lowest BCUT2D eigenvalue weighted by Gasteiger charge is -2.40.